The number of carbonyl (C=O) groups excluding carboxylic acids is 1. The molecule has 1 aliphatic heterocycles. The monoisotopic (exact) mass is 327 g/mol. The molecule has 0 N–H and O–H groups in total. The van der Waals surface area contributed by atoms with E-state index in [0.29, 0.717) is 16.0 Å². The molecule has 1 aliphatic rings. The van der Waals surface area contributed by atoms with Gasteiger partial charge in [-0.25, -0.2) is 0 Å². The number of rotatable bonds is 2. The standard InChI is InChI=1S/C17H17N3O2S/c1-23-15-12(11-18)16(21)20-10-6-3-7-13(20)14(15)17(22)19-8-4-2-5-9-19/h3,6-7,10H,2,4-5,8-9H2,1H3. The van der Waals surface area contributed by atoms with Crippen LogP contribution in [0.1, 0.15) is 35.2 Å². The van der Waals surface area contributed by atoms with Crippen molar-refractivity contribution in [2.24, 2.45) is 0 Å². The van der Waals surface area contributed by atoms with Crippen LogP contribution in [0.2, 0.25) is 0 Å². The summed E-state index contributed by atoms with van der Waals surface area (Å²) >= 11 is 1.28. The van der Waals surface area contributed by atoms with Crippen molar-refractivity contribution in [3.63, 3.8) is 0 Å². The summed E-state index contributed by atoms with van der Waals surface area (Å²) < 4.78 is 1.40. The number of likely N-dealkylation sites (tertiary alicyclic amines) is 1. The zero-order valence-corrected chi connectivity index (χ0v) is 13.7. The summed E-state index contributed by atoms with van der Waals surface area (Å²) in [6, 6.07) is 7.27. The van der Waals surface area contributed by atoms with Crippen molar-refractivity contribution in [1.29, 1.82) is 5.26 Å². The molecule has 0 atom stereocenters. The highest BCUT2D eigenvalue weighted by molar-refractivity contribution is 7.98. The Hall–Kier alpha value is -2.26. The predicted octanol–water partition coefficient (Wildman–Crippen LogP) is 2.52. The van der Waals surface area contributed by atoms with E-state index in [4.69, 9.17) is 0 Å². The minimum atomic E-state index is -0.373. The maximum atomic E-state index is 13.1. The zero-order valence-electron chi connectivity index (χ0n) is 12.9. The molecule has 1 saturated heterocycles. The van der Waals surface area contributed by atoms with Gasteiger partial charge < -0.3 is 4.90 Å². The van der Waals surface area contributed by atoms with Crippen molar-refractivity contribution < 1.29 is 4.79 Å². The van der Waals surface area contributed by atoms with Crippen LogP contribution in [-0.2, 0) is 0 Å². The van der Waals surface area contributed by atoms with Crippen LogP contribution in [0.3, 0.4) is 0 Å². The summed E-state index contributed by atoms with van der Waals surface area (Å²) in [4.78, 5) is 27.9. The summed E-state index contributed by atoms with van der Waals surface area (Å²) in [5.74, 6) is -0.0887. The Bertz CT molecular complexity index is 860. The smallest absolute Gasteiger partial charge is 0.274 e. The SMILES string of the molecule is CSc1c(C#N)c(=O)n2ccccc2c1C(=O)N1CCCCC1. The summed E-state index contributed by atoms with van der Waals surface area (Å²) in [6.07, 6.45) is 6.53. The quantitative estimate of drug-likeness (QED) is 0.795. The Morgan fingerprint density at radius 2 is 2.00 bits per heavy atom. The molecular formula is C17H17N3O2S. The second kappa shape index (κ2) is 6.47. The number of fused-ring (bicyclic) bond motifs is 1. The van der Waals surface area contributed by atoms with Gasteiger partial charge in [-0.15, -0.1) is 11.8 Å². The second-order valence-corrected chi connectivity index (χ2v) is 6.33. The molecule has 1 amide bonds. The van der Waals surface area contributed by atoms with E-state index in [1.807, 2.05) is 11.0 Å². The number of aromatic nitrogens is 1. The highest BCUT2D eigenvalue weighted by Gasteiger charge is 2.26. The number of nitrogens with zero attached hydrogens (tertiary/aromatic N) is 3. The first-order chi connectivity index (χ1) is 11.2. The lowest BCUT2D eigenvalue weighted by Crippen LogP contribution is -2.37. The van der Waals surface area contributed by atoms with Gasteiger partial charge in [-0.3, -0.25) is 14.0 Å². The van der Waals surface area contributed by atoms with Gasteiger partial charge in [-0.1, -0.05) is 6.07 Å². The van der Waals surface area contributed by atoms with E-state index >= 15 is 0 Å². The van der Waals surface area contributed by atoms with Crippen LogP contribution in [-0.4, -0.2) is 34.6 Å². The second-order valence-electron chi connectivity index (χ2n) is 5.51. The maximum Gasteiger partial charge on any atom is 0.274 e. The molecule has 5 nitrogen and oxygen atoms in total. The molecule has 6 heteroatoms. The Morgan fingerprint density at radius 1 is 1.26 bits per heavy atom. The lowest BCUT2D eigenvalue weighted by atomic mass is 10.1. The van der Waals surface area contributed by atoms with Crippen molar-refractivity contribution in [1.82, 2.24) is 9.30 Å². The van der Waals surface area contributed by atoms with Gasteiger partial charge in [0.05, 0.1) is 11.1 Å². The van der Waals surface area contributed by atoms with Crippen LogP contribution in [0.4, 0.5) is 0 Å². The van der Waals surface area contributed by atoms with E-state index in [0.717, 1.165) is 32.4 Å². The van der Waals surface area contributed by atoms with E-state index in [9.17, 15) is 14.9 Å². The molecule has 0 spiro atoms. The van der Waals surface area contributed by atoms with Crippen LogP contribution in [0, 0.1) is 11.3 Å². The molecule has 1 fully saturated rings. The van der Waals surface area contributed by atoms with Crippen molar-refractivity contribution in [3.8, 4) is 6.07 Å². The van der Waals surface area contributed by atoms with Crippen LogP contribution < -0.4 is 5.56 Å². The molecular weight excluding hydrogens is 310 g/mol. The number of pyridine rings is 2. The van der Waals surface area contributed by atoms with Crippen molar-refractivity contribution in [2.75, 3.05) is 19.3 Å². The topological polar surface area (TPSA) is 65.6 Å². The first kappa shape index (κ1) is 15.6. The van der Waals surface area contributed by atoms with E-state index in [-0.39, 0.29) is 17.0 Å². The fraction of sp³-hybridized carbons (Fsp3) is 0.353. The number of thioether (sulfide) groups is 1. The van der Waals surface area contributed by atoms with E-state index in [1.165, 1.54) is 16.2 Å². The van der Waals surface area contributed by atoms with Gasteiger partial charge >= 0.3 is 0 Å². The third-order valence-corrected chi connectivity index (χ3v) is 4.99. The summed E-state index contributed by atoms with van der Waals surface area (Å²) in [7, 11) is 0. The Morgan fingerprint density at radius 3 is 2.65 bits per heavy atom. The van der Waals surface area contributed by atoms with Gasteiger partial charge in [0, 0.05) is 24.2 Å². The van der Waals surface area contributed by atoms with Gasteiger partial charge in [0.25, 0.3) is 11.5 Å². The molecule has 0 unspecified atom stereocenters. The average Bonchev–Trinajstić information content (AvgIpc) is 2.61. The fourth-order valence-corrected chi connectivity index (χ4v) is 3.78. The van der Waals surface area contributed by atoms with Gasteiger partial charge in [0.2, 0.25) is 0 Å². The lowest BCUT2D eigenvalue weighted by molar-refractivity contribution is 0.0722. The third kappa shape index (κ3) is 2.62. The van der Waals surface area contributed by atoms with Crippen molar-refractivity contribution in [3.05, 3.63) is 45.9 Å². The normalized spacial score (nSPS) is 14.7. The van der Waals surface area contributed by atoms with Crippen LogP contribution in [0.15, 0.2) is 34.1 Å². The van der Waals surface area contributed by atoms with E-state index in [2.05, 4.69) is 0 Å². The summed E-state index contributed by atoms with van der Waals surface area (Å²) in [6.45, 7) is 1.46. The number of nitriles is 1. The summed E-state index contributed by atoms with van der Waals surface area (Å²) in [5.41, 5.74) is 0.705. The lowest BCUT2D eigenvalue weighted by Gasteiger charge is -2.28. The minimum Gasteiger partial charge on any atom is -0.339 e. The predicted molar refractivity (Wildman–Crippen MR) is 89.9 cm³/mol. The largest absolute Gasteiger partial charge is 0.339 e. The molecule has 3 rings (SSSR count). The first-order valence-corrected chi connectivity index (χ1v) is 8.82. The van der Waals surface area contributed by atoms with Crippen molar-refractivity contribution in [2.45, 2.75) is 24.2 Å². The molecule has 118 valence electrons. The molecule has 0 aliphatic carbocycles. The Kier molecular flexibility index (Phi) is 4.39. The van der Waals surface area contributed by atoms with Gasteiger partial charge in [0.1, 0.15) is 11.6 Å². The molecule has 0 saturated carbocycles. The molecule has 0 aromatic carbocycles. The van der Waals surface area contributed by atoms with Gasteiger partial charge in [0.15, 0.2) is 0 Å². The number of hydrogen-bond donors (Lipinski definition) is 0. The molecule has 23 heavy (non-hydrogen) atoms. The molecule has 2 aromatic heterocycles. The van der Waals surface area contributed by atoms with Gasteiger partial charge in [-0.2, -0.15) is 5.26 Å². The molecule has 3 heterocycles. The van der Waals surface area contributed by atoms with Crippen molar-refractivity contribution >= 4 is 23.2 Å². The molecule has 0 bridgehead atoms. The maximum absolute atomic E-state index is 13.1. The Labute approximate surface area is 138 Å². The summed E-state index contributed by atoms with van der Waals surface area (Å²) in [5, 5.41) is 9.40. The average molecular weight is 327 g/mol. The number of piperidine rings is 1. The molecule has 2 aromatic rings. The van der Waals surface area contributed by atoms with E-state index in [1.54, 1.807) is 30.7 Å². The first-order valence-electron chi connectivity index (χ1n) is 7.59. The third-order valence-electron chi connectivity index (χ3n) is 4.18. The van der Waals surface area contributed by atoms with Gasteiger partial charge in [-0.05, 0) is 37.7 Å². The van der Waals surface area contributed by atoms with Crippen LogP contribution in [0.5, 0.6) is 0 Å². The number of carbonyl (C=O) groups is 1. The highest BCUT2D eigenvalue weighted by Crippen LogP contribution is 2.28. The minimum absolute atomic E-state index is 0.0431. The fourth-order valence-electron chi connectivity index (χ4n) is 3.05. The number of amides is 1. The molecule has 0 radical (unpaired) electrons. The Balaban J connectivity index is 2.30. The van der Waals surface area contributed by atoms with E-state index < -0.39 is 0 Å². The zero-order chi connectivity index (χ0) is 16.4. The van der Waals surface area contributed by atoms with Crippen LogP contribution in [0.25, 0.3) is 5.52 Å². The number of hydrogen-bond acceptors (Lipinski definition) is 4. The van der Waals surface area contributed by atoms with Crippen LogP contribution >= 0.6 is 11.8 Å². The highest BCUT2D eigenvalue weighted by atomic mass is 32.2.